The van der Waals surface area contributed by atoms with Crippen LogP contribution in [0, 0.1) is 0 Å². The third-order valence-electron chi connectivity index (χ3n) is 5.49. The van der Waals surface area contributed by atoms with E-state index in [0.29, 0.717) is 37.8 Å². The lowest BCUT2D eigenvalue weighted by Gasteiger charge is -2.25. The summed E-state index contributed by atoms with van der Waals surface area (Å²) in [4.78, 5) is 17.2. The van der Waals surface area contributed by atoms with Gasteiger partial charge in [0.25, 0.3) is 0 Å². The largest absolute Gasteiger partial charge is 0.379 e. The smallest absolute Gasteiger partial charge is 0.244 e. The van der Waals surface area contributed by atoms with E-state index in [1.807, 2.05) is 60.7 Å². The molecule has 9 heteroatoms. The molecule has 2 heterocycles. The molecule has 7 nitrogen and oxygen atoms in total. The summed E-state index contributed by atoms with van der Waals surface area (Å²) < 4.78 is 32.1. The molecule has 0 saturated carbocycles. The standard InChI is InChI=1S/C25H27N3O4S2/c29-24(27-23(21-9-5-2-6-10-21)17-20-7-3-1-4-8-20)19-33-25-12-11-22(18-26-25)34(30,31)28-13-15-32-16-14-28/h1-12,18,23H,13-17,19H2,(H,27,29). The van der Waals surface area contributed by atoms with Crippen LogP contribution in [0.4, 0.5) is 0 Å². The number of morpholine rings is 1. The summed E-state index contributed by atoms with van der Waals surface area (Å²) in [6.07, 6.45) is 2.04. The maximum Gasteiger partial charge on any atom is 0.244 e. The van der Waals surface area contributed by atoms with Gasteiger partial charge in [-0.15, -0.1) is 0 Å². The molecular formula is C25H27N3O4S2. The number of carbonyl (C=O) groups excluding carboxylic acids is 1. The fourth-order valence-corrected chi connectivity index (χ4v) is 5.71. The zero-order valence-corrected chi connectivity index (χ0v) is 20.3. The molecule has 34 heavy (non-hydrogen) atoms. The summed E-state index contributed by atoms with van der Waals surface area (Å²) in [6, 6.07) is 23.0. The predicted molar refractivity (Wildman–Crippen MR) is 132 cm³/mol. The number of nitrogens with one attached hydrogen (secondary N) is 1. The zero-order valence-electron chi connectivity index (χ0n) is 18.7. The summed E-state index contributed by atoms with van der Waals surface area (Å²) in [5, 5.41) is 3.72. The second-order valence-corrected chi connectivity index (χ2v) is 10.8. The number of ether oxygens (including phenoxy) is 1. The van der Waals surface area contributed by atoms with Crippen molar-refractivity contribution in [3.05, 3.63) is 90.1 Å². The zero-order chi connectivity index (χ0) is 23.8. The quantitative estimate of drug-likeness (QED) is 0.457. The molecule has 1 N–H and O–H groups in total. The Morgan fingerprint density at radius 2 is 1.68 bits per heavy atom. The number of pyridine rings is 1. The Bertz CT molecular complexity index is 1170. The Morgan fingerprint density at radius 3 is 2.32 bits per heavy atom. The number of hydrogen-bond acceptors (Lipinski definition) is 6. The first-order valence-electron chi connectivity index (χ1n) is 11.1. The third kappa shape index (κ3) is 6.44. The van der Waals surface area contributed by atoms with Crippen LogP contribution in [0.1, 0.15) is 17.2 Å². The van der Waals surface area contributed by atoms with E-state index >= 15 is 0 Å². The highest BCUT2D eigenvalue weighted by atomic mass is 32.2. The van der Waals surface area contributed by atoms with Gasteiger partial charge in [0.1, 0.15) is 4.90 Å². The van der Waals surface area contributed by atoms with Gasteiger partial charge in [-0.25, -0.2) is 13.4 Å². The predicted octanol–water partition coefficient (Wildman–Crippen LogP) is 3.29. The molecule has 178 valence electrons. The Hall–Kier alpha value is -2.72. The van der Waals surface area contributed by atoms with Crippen LogP contribution in [-0.2, 0) is 26.0 Å². The second kappa shape index (κ2) is 11.6. The van der Waals surface area contributed by atoms with Gasteiger partial charge >= 0.3 is 0 Å². The van der Waals surface area contributed by atoms with E-state index in [1.54, 1.807) is 12.1 Å². The topological polar surface area (TPSA) is 88.6 Å². The first-order chi connectivity index (χ1) is 16.5. The Balaban J connectivity index is 1.36. The van der Waals surface area contributed by atoms with Gasteiger partial charge < -0.3 is 10.1 Å². The van der Waals surface area contributed by atoms with Crippen molar-refractivity contribution in [2.75, 3.05) is 32.1 Å². The van der Waals surface area contributed by atoms with Crippen LogP contribution in [0.2, 0.25) is 0 Å². The van der Waals surface area contributed by atoms with Crippen LogP contribution >= 0.6 is 11.8 Å². The lowest BCUT2D eigenvalue weighted by molar-refractivity contribution is -0.119. The van der Waals surface area contributed by atoms with E-state index in [-0.39, 0.29) is 22.6 Å². The minimum Gasteiger partial charge on any atom is -0.379 e. The lowest BCUT2D eigenvalue weighted by atomic mass is 9.99. The van der Waals surface area contributed by atoms with Gasteiger partial charge in [-0.05, 0) is 29.7 Å². The normalized spacial score (nSPS) is 15.5. The van der Waals surface area contributed by atoms with Gasteiger partial charge in [0.05, 0.1) is 30.0 Å². The minimum atomic E-state index is -3.58. The monoisotopic (exact) mass is 497 g/mol. The number of thioether (sulfide) groups is 1. The molecule has 0 bridgehead atoms. The minimum absolute atomic E-state index is 0.110. The molecular weight excluding hydrogens is 470 g/mol. The molecule has 0 aliphatic carbocycles. The van der Waals surface area contributed by atoms with Crippen molar-refractivity contribution in [2.45, 2.75) is 22.4 Å². The molecule has 0 spiro atoms. The number of hydrogen-bond donors (Lipinski definition) is 1. The molecule has 2 aromatic carbocycles. The van der Waals surface area contributed by atoms with Crippen LogP contribution in [0.15, 0.2) is 88.9 Å². The van der Waals surface area contributed by atoms with Crippen molar-refractivity contribution in [1.82, 2.24) is 14.6 Å². The molecule has 1 amide bonds. The fraction of sp³-hybridized carbons (Fsp3) is 0.280. The number of amides is 1. The average molecular weight is 498 g/mol. The Labute approximate surface area is 204 Å². The molecule has 1 fully saturated rings. The number of aromatic nitrogens is 1. The van der Waals surface area contributed by atoms with E-state index in [0.717, 1.165) is 11.1 Å². The highest BCUT2D eigenvalue weighted by molar-refractivity contribution is 7.99. The molecule has 3 aromatic rings. The van der Waals surface area contributed by atoms with Crippen molar-refractivity contribution < 1.29 is 17.9 Å². The molecule has 1 atom stereocenters. The van der Waals surface area contributed by atoms with Crippen molar-refractivity contribution in [2.24, 2.45) is 0 Å². The number of nitrogens with zero attached hydrogens (tertiary/aromatic N) is 2. The van der Waals surface area contributed by atoms with Gasteiger partial charge in [-0.1, -0.05) is 72.4 Å². The van der Waals surface area contributed by atoms with Crippen molar-refractivity contribution in [1.29, 1.82) is 0 Å². The highest BCUT2D eigenvalue weighted by Gasteiger charge is 2.26. The highest BCUT2D eigenvalue weighted by Crippen LogP contribution is 2.22. The summed E-state index contributed by atoms with van der Waals surface area (Å²) in [5.74, 6) is 0.0716. The number of sulfonamides is 1. The number of rotatable bonds is 9. The molecule has 1 aliphatic heterocycles. The number of benzene rings is 2. The first-order valence-corrected chi connectivity index (χ1v) is 13.5. The molecule has 1 unspecified atom stereocenters. The van der Waals surface area contributed by atoms with Crippen LogP contribution in [-0.4, -0.2) is 55.7 Å². The Kier molecular flexibility index (Phi) is 8.34. The molecule has 1 aromatic heterocycles. The van der Waals surface area contributed by atoms with Gasteiger partial charge in [0, 0.05) is 19.3 Å². The Morgan fingerprint density at radius 1 is 1.00 bits per heavy atom. The van der Waals surface area contributed by atoms with Gasteiger partial charge in [0.2, 0.25) is 15.9 Å². The second-order valence-electron chi connectivity index (χ2n) is 7.86. The van der Waals surface area contributed by atoms with Gasteiger partial charge in [-0.3, -0.25) is 4.79 Å². The van der Waals surface area contributed by atoms with Crippen molar-refractivity contribution in [3.8, 4) is 0 Å². The van der Waals surface area contributed by atoms with Crippen LogP contribution in [0.5, 0.6) is 0 Å². The molecule has 0 radical (unpaired) electrons. The van der Waals surface area contributed by atoms with E-state index < -0.39 is 10.0 Å². The number of carbonyl (C=O) groups is 1. The molecule has 1 saturated heterocycles. The lowest BCUT2D eigenvalue weighted by Crippen LogP contribution is -2.40. The van der Waals surface area contributed by atoms with Crippen LogP contribution < -0.4 is 5.32 Å². The summed E-state index contributed by atoms with van der Waals surface area (Å²) >= 11 is 1.28. The molecule has 4 rings (SSSR count). The maximum absolute atomic E-state index is 12.7. The van der Waals surface area contributed by atoms with E-state index in [1.165, 1.54) is 22.3 Å². The summed E-state index contributed by atoms with van der Waals surface area (Å²) in [6.45, 7) is 1.46. The summed E-state index contributed by atoms with van der Waals surface area (Å²) in [7, 11) is -3.58. The van der Waals surface area contributed by atoms with E-state index in [9.17, 15) is 13.2 Å². The van der Waals surface area contributed by atoms with Crippen LogP contribution in [0.25, 0.3) is 0 Å². The molecule has 1 aliphatic rings. The SMILES string of the molecule is O=C(CSc1ccc(S(=O)(=O)N2CCOCC2)cn1)NC(Cc1ccccc1)c1ccccc1. The van der Waals surface area contributed by atoms with E-state index in [2.05, 4.69) is 10.3 Å². The van der Waals surface area contributed by atoms with Gasteiger partial charge in [0.15, 0.2) is 0 Å². The average Bonchev–Trinajstić information content (AvgIpc) is 2.89. The first kappa shape index (κ1) is 24.4. The third-order valence-corrected chi connectivity index (χ3v) is 8.31. The van der Waals surface area contributed by atoms with Crippen LogP contribution in [0.3, 0.4) is 0 Å². The summed E-state index contributed by atoms with van der Waals surface area (Å²) in [5.41, 5.74) is 2.18. The fourth-order valence-electron chi connectivity index (χ4n) is 3.70. The maximum atomic E-state index is 12.7. The van der Waals surface area contributed by atoms with Crippen molar-refractivity contribution >= 4 is 27.7 Å². The van der Waals surface area contributed by atoms with Gasteiger partial charge in [-0.2, -0.15) is 4.31 Å². The van der Waals surface area contributed by atoms with Crippen molar-refractivity contribution in [3.63, 3.8) is 0 Å². The van der Waals surface area contributed by atoms with E-state index in [4.69, 9.17) is 4.74 Å².